The summed E-state index contributed by atoms with van der Waals surface area (Å²) < 4.78 is 9.23. The van der Waals surface area contributed by atoms with Crippen molar-refractivity contribution < 1.29 is 9.53 Å². The molecule has 2 aromatic heterocycles. The lowest BCUT2D eigenvalue weighted by Crippen LogP contribution is -2.37. The average molecular weight is 373 g/mol. The summed E-state index contributed by atoms with van der Waals surface area (Å²) in [4.78, 5) is 40.3. The van der Waals surface area contributed by atoms with Gasteiger partial charge in [-0.15, -0.1) is 0 Å². The standard InChI is InChI=1S/C13H17BrN4O4/c1-13(2,3)22-7(19)6-18-9-8(15-11(18)14)10(20)17(5)12(21)16(9)4/h6H2,1-5H3. The van der Waals surface area contributed by atoms with Gasteiger partial charge in [-0.1, -0.05) is 0 Å². The minimum Gasteiger partial charge on any atom is -0.459 e. The Labute approximate surface area is 134 Å². The number of hydrogen-bond acceptors (Lipinski definition) is 5. The topological polar surface area (TPSA) is 88.1 Å². The van der Waals surface area contributed by atoms with Gasteiger partial charge in [0.25, 0.3) is 5.56 Å². The number of carbonyl (C=O) groups is 1. The minimum atomic E-state index is -0.623. The summed E-state index contributed by atoms with van der Waals surface area (Å²) in [5.41, 5.74) is -1.25. The molecule has 2 rings (SSSR count). The molecule has 0 unspecified atom stereocenters. The Balaban J connectivity index is 2.61. The summed E-state index contributed by atoms with van der Waals surface area (Å²) in [6.07, 6.45) is 0. The van der Waals surface area contributed by atoms with Crippen LogP contribution in [0.2, 0.25) is 0 Å². The van der Waals surface area contributed by atoms with Gasteiger partial charge in [-0.3, -0.25) is 23.3 Å². The number of hydrogen-bond donors (Lipinski definition) is 0. The fourth-order valence-electron chi connectivity index (χ4n) is 2.11. The zero-order valence-corrected chi connectivity index (χ0v) is 14.6. The number of fused-ring (bicyclic) bond motifs is 1. The van der Waals surface area contributed by atoms with Gasteiger partial charge in [0.1, 0.15) is 12.1 Å². The molecule has 22 heavy (non-hydrogen) atoms. The summed E-state index contributed by atoms with van der Waals surface area (Å²) in [7, 11) is 2.90. The highest BCUT2D eigenvalue weighted by Crippen LogP contribution is 2.17. The Hall–Kier alpha value is -1.90. The van der Waals surface area contributed by atoms with Crippen LogP contribution in [0.1, 0.15) is 20.8 Å². The predicted molar refractivity (Wildman–Crippen MR) is 83.8 cm³/mol. The van der Waals surface area contributed by atoms with Crippen LogP contribution in [-0.2, 0) is 30.2 Å². The zero-order chi connectivity index (χ0) is 16.8. The Morgan fingerprint density at radius 3 is 2.36 bits per heavy atom. The second-order valence-corrected chi connectivity index (χ2v) is 6.64. The van der Waals surface area contributed by atoms with Crippen LogP contribution in [0.5, 0.6) is 0 Å². The molecule has 2 heterocycles. The monoisotopic (exact) mass is 372 g/mol. The van der Waals surface area contributed by atoms with Gasteiger partial charge in [0, 0.05) is 14.1 Å². The van der Waals surface area contributed by atoms with E-state index in [1.807, 2.05) is 0 Å². The van der Waals surface area contributed by atoms with Crippen molar-refractivity contribution in [2.45, 2.75) is 32.9 Å². The molecule has 0 aliphatic heterocycles. The van der Waals surface area contributed by atoms with Crippen molar-refractivity contribution in [3.63, 3.8) is 0 Å². The zero-order valence-electron chi connectivity index (χ0n) is 13.0. The summed E-state index contributed by atoms with van der Waals surface area (Å²) in [6.45, 7) is 5.13. The fourth-order valence-corrected chi connectivity index (χ4v) is 2.58. The largest absolute Gasteiger partial charge is 0.459 e. The summed E-state index contributed by atoms with van der Waals surface area (Å²) >= 11 is 3.22. The number of nitrogens with zero attached hydrogens (tertiary/aromatic N) is 4. The van der Waals surface area contributed by atoms with Crippen LogP contribution in [0.4, 0.5) is 0 Å². The molecular formula is C13H17BrN4O4. The molecule has 0 radical (unpaired) electrons. The van der Waals surface area contributed by atoms with Gasteiger partial charge in [-0.2, -0.15) is 0 Å². The maximum Gasteiger partial charge on any atom is 0.332 e. The molecule has 8 nitrogen and oxygen atoms in total. The average Bonchev–Trinajstić information content (AvgIpc) is 2.69. The molecule has 0 atom stereocenters. The summed E-state index contributed by atoms with van der Waals surface area (Å²) in [5, 5.41) is 0. The van der Waals surface area contributed by atoms with E-state index < -0.39 is 22.8 Å². The fraction of sp³-hybridized carbons (Fsp3) is 0.538. The van der Waals surface area contributed by atoms with Crippen LogP contribution in [-0.4, -0.2) is 30.3 Å². The molecule has 9 heteroatoms. The first-order valence-electron chi connectivity index (χ1n) is 6.56. The molecule has 120 valence electrons. The number of aromatic nitrogens is 4. The first-order valence-corrected chi connectivity index (χ1v) is 7.36. The molecule has 0 saturated heterocycles. The Kier molecular flexibility index (Phi) is 4.03. The molecule has 0 aliphatic rings. The number of halogens is 1. The molecule has 0 saturated carbocycles. The van der Waals surface area contributed by atoms with E-state index >= 15 is 0 Å². The van der Waals surface area contributed by atoms with Crippen molar-refractivity contribution in [1.82, 2.24) is 18.7 Å². The van der Waals surface area contributed by atoms with Gasteiger partial charge in [-0.25, -0.2) is 9.78 Å². The van der Waals surface area contributed by atoms with Gasteiger partial charge in [-0.05, 0) is 36.7 Å². The lowest BCUT2D eigenvalue weighted by molar-refractivity contribution is -0.155. The van der Waals surface area contributed by atoms with E-state index in [4.69, 9.17) is 4.74 Å². The maximum atomic E-state index is 12.1. The number of imidazole rings is 1. The molecule has 0 N–H and O–H groups in total. The van der Waals surface area contributed by atoms with Crippen LogP contribution in [0, 0.1) is 0 Å². The van der Waals surface area contributed by atoms with Crippen molar-refractivity contribution >= 4 is 33.1 Å². The first kappa shape index (κ1) is 16.5. The van der Waals surface area contributed by atoms with E-state index in [1.54, 1.807) is 20.8 Å². The van der Waals surface area contributed by atoms with Crippen LogP contribution in [0.15, 0.2) is 14.3 Å². The predicted octanol–water partition coefficient (Wildman–Crippen LogP) is 0.538. The number of rotatable bonds is 2. The normalized spacial score (nSPS) is 11.9. The highest BCUT2D eigenvalue weighted by atomic mass is 79.9. The minimum absolute atomic E-state index is 0.111. The van der Waals surface area contributed by atoms with Crippen molar-refractivity contribution in [3.8, 4) is 0 Å². The lowest BCUT2D eigenvalue weighted by Gasteiger charge is -2.20. The van der Waals surface area contributed by atoms with Crippen LogP contribution >= 0.6 is 15.9 Å². The Bertz CT molecular complexity index is 869. The summed E-state index contributed by atoms with van der Waals surface area (Å²) in [6, 6.07) is 0. The molecule has 0 fully saturated rings. The third-order valence-corrected chi connectivity index (χ3v) is 3.61. The molecule has 0 spiro atoms. The van der Waals surface area contributed by atoms with Crippen LogP contribution in [0.25, 0.3) is 11.2 Å². The summed E-state index contributed by atoms with van der Waals surface area (Å²) in [5.74, 6) is -0.486. The Morgan fingerprint density at radius 2 is 1.82 bits per heavy atom. The van der Waals surface area contributed by atoms with E-state index in [0.717, 1.165) is 4.57 Å². The van der Waals surface area contributed by atoms with Crippen molar-refractivity contribution in [3.05, 3.63) is 25.6 Å². The smallest absolute Gasteiger partial charge is 0.332 e. The van der Waals surface area contributed by atoms with Crippen molar-refractivity contribution in [2.75, 3.05) is 0 Å². The molecule has 0 aromatic carbocycles. The molecular weight excluding hydrogens is 356 g/mol. The van der Waals surface area contributed by atoms with E-state index in [-0.39, 0.29) is 22.4 Å². The highest BCUT2D eigenvalue weighted by Gasteiger charge is 2.22. The Morgan fingerprint density at radius 1 is 1.23 bits per heavy atom. The number of ether oxygens (including phenoxy) is 1. The van der Waals surface area contributed by atoms with E-state index in [9.17, 15) is 14.4 Å². The SMILES string of the molecule is Cn1c(=O)c2nc(Br)n(CC(=O)OC(C)(C)C)c2n(C)c1=O. The number of aryl methyl sites for hydroxylation is 1. The molecule has 0 amide bonds. The molecule has 0 aliphatic carbocycles. The second-order valence-electron chi connectivity index (χ2n) is 5.93. The van der Waals surface area contributed by atoms with Gasteiger partial charge in [0.2, 0.25) is 0 Å². The van der Waals surface area contributed by atoms with Crippen LogP contribution in [0.3, 0.4) is 0 Å². The lowest BCUT2D eigenvalue weighted by atomic mass is 10.2. The highest BCUT2D eigenvalue weighted by molar-refractivity contribution is 9.10. The van der Waals surface area contributed by atoms with E-state index in [2.05, 4.69) is 20.9 Å². The van der Waals surface area contributed by atoms with Crippen molar-refractivity contribution in [1.29, 1.82) is 0 Å². The van der Waals surface area contributed by atoms with E-state index in [0.29, 0.717) is 0 Å². The van der Waals surface area contributed by atoms with E-state index in [1.165, 1.54) is 23.2 Å². The maximum absolute atomic E-state index is 12.1. The van der Waals surface area contributed by atoms with Crippen molar-refractivity contribution in [2.24, 2.45) is 14.1 Å². The number of esters is 1. The van der Waals surface area contributed by atoms with Gasteiger partial charge >= 0.3 is 11.7 Å². The first-order chi connectivity index (χ1) is 10.0. The van der Waals surface area contributed by atoms with Crippen LogP contribution < -0.4 is 11.2 Å². The quantitative estimate of drug-likeness (QED) is 0.566. The number of carbonyl (C=O) groups excluding carboxylic acids is 1. The second kappa shape index (κ2) is 5.38. The van der Waals surface area contributed by atoms with Gasteiger partial charge < -0.3 is 4.74 Å². The van der Waals surface area contributed by atoms with Gasteiger partial charge in [0.15, 0.2) is 15.9 Å². The molecule has 0 bridgehead atoms. The molecule has 2 aromatic rings. The third-order valence-electron chi connectivity index (χ3n) is 3.00. The third kappa shape index (κ3) is 2.85. The van der Waals surface area contributed by atoms with Gasteiger partial charge in [0.05, 0.1) is 0 Å².